The summed E-state index contributed by atoms with van der Waals surface area (Å²) < 4.78 is 6.86. The van der Waals surface area contributed by atoms with Crippen LogP contribution < -0.4 is 0 Å². The molecule has 0 amide bonds. The van der Waals surface area contributed by atoms with Gasteiger partial charge in [0.2, 0.25) is 0 Å². The predicted molar refractivity (Wildman–Crippen MR) is 164 cm³/mol. The molecule has 1 aromatic heterocycles. The van der Waals surface area contributed by atoms with Crippen LogP contribution in [0.4, 0.5) is 0 Å². The normalized spacial score (nSPS) is 12.1. The number of para-hydroxylation sites is 2. The first-order valence-corrected chi connectivity index (χ1v) is 13.4. The van der Waals surface area contributed by atoms with Gasteiger partial charge in [0.25, 0.3) is 0 Å². The maximum atomic E-state index is 6.86. The third kappa shape index (κ3) is 2.79. The molecule has 1 aliphatic rings. The van der Waals surface area contributed by atoms with E-state index in [0.717, 1.165) is 33.1 Å². The monoisotopic (exact) mass is 494 g/mol. The smallest absolute Gasteiger partial charge is 0.143 e. The molecule has 0 radical (unpaired) electrons. The Hall–Kier alpha value is -5.14. The molecule has 1 heteroatoms. The summed E-state index contributed by atoms with van der Waals surface area (Å²) in [7, 11) is 0. The van der Waals surface area contributed by atoms with Crippen molar-refractivity contribution in [2.24, 2.45) is 0 Å². The van der Waals surface area contributed by atoms with Gasteiger partial charge in [0.15, 0.2) is 0 Å². The number of furan rings is 1. The Balaban J connectivity index is 1.33. The van der Waals surface area contributed by atoms with Crippen molar-refractivity contribution in [3.8, 4) is 44.5 Å². The fourth-order valence-corrected chi connectivity index (χ4v) is 6.75. The van der Waals surface area contributed by atoms with E-state index in [0.29, 0.717) is 0 Å². The quantitative estimate of drug-likeness (QED) is 0.233. The van der Waals surface area contributed by atoms with E-state index in [9.17, 15) is 0 Å². The average molecular weight is 495 g/mol. The molecular formula is C38H22O. The van der Waals surface area contributed by atoms with Gasteiger partial charge in [0.1, 0.15) is 11.2 Å². The van der Waals surface area contributed by atoms with E-state index < -0.39 is 0 Å². The van der Waals surface area contributed by atoms with Gasteiger partial charge >= 0.3 is 0 Å². The fraction of sp³-hybridized carbons (Fsp3) is 0. The largest absolute Gasteiger partial charge is 0.455 e. The molecule has 9 rings (SSSR count). The van der Waals surface area contributed by atoms with E-state index in [1.54, 1.807) is 0 Å². The molecule has 180 valence electrons. The molecule has 7 aromatic carbocycles. The molecule has 0 fully saturated rings. The predicted octanol–water partition coefficient (Wildman–Crippen LogP) is 10.9. The summed E-state index contributed by atoms with van der Waals surface area (Å²) in [6.45, 7) is 0. The van der Waals surface area contributed by atoms with Gasteiger partial charge < -0.3 is 4.42 Å². The van der Waals surface area contributed by atoms with E-state index in [-0.39, 0.29) is 0 Å². The van der Waals surface area contributed by atoms with Crippen LogP contribution >= 0.6 is 0 Å². The van der Waals surface area contributed by atoms with E-state index >= 15 is 0 Å². The zero-order valence-electron chi connectivity index (χ0n) is 21.1. The highest BCUT2D eigenvalue weighted by molar-refractivity contribution is 6.21. The summed E-state index contributed by atoms with van der Waals surface area (Å²) in [5.41, 5.74) is 11.8. The van der Waals surface area contributed by atoms with Crippen molar-refractivity contribution in [1.29, 1.82) is 0 Å². The SMILES string of the molecule is c1ccc2c(c1)-c1cccc3c(-c4cccc5c4oc4c(-c6cccc7ccccc67)cccc45)ccc-2c13. The number of hydrogen-bond donors (Lipinski definition) is 0. The van der Waals surface area contributed by atoms with Gasteiger partial charge in [0.05, 0.1) is 0 Å². The van der Waals surface area contributed by atoms with Gasteiger partial charge in [-0.2, -0.15) is 0 Å². The Morgan fingerprint density at radius 2 is 0.718 bits per heavy atom. The lowest BCUT2D eigenvalue weighted by molar-refractivity contribution is 0.671. The molecule has 0 unspecified atom stereocenters. The first-order chi connectivity index (χ1) is 19.4. The first kappa shape index (κ1) is 20.9. The lowest BCUT2D eigenvalue weighted by Crippen LogP contribution is -1.84. The van der Waals surface area contributed by atoms with Crippen molar-refractivity contribution in [2.45, 2.75) is 0 Å². The van der Waals surface area contributed by atoms with Crippen molar-refractivity contribution in [3.05, 3.63) is 133 Å². The average Bonchev–Trinajstić information content (AvgIpc) is 3.55. The highest BCUT2D eigenvalue weighted by Crippen LogP contribution is 2.50. The molecule has 0 saturated heterocycles. The number of benzene rings is 7. The minimum atomic E-state index is 0.939. The van der Waals surface area contributed by atoms with Crippen LogP contribution in [0.5, 0.6) is 0 Å². The summed E-state index contributed by atoms with van der Waals surface area (Å²) in [6.07, 6.45) is 0. The summed E-state index contributed by atoms with van der Waals surface area (Å²) in [4.78, 5) is 0. The zero-order valence-corrected chi connectivity index (χ0v) is 21.1. The number of hydrogen-bond acceptors (Lipinski definition) is 1. The molecule has 0 aliphatic heterocycles. The van der Waals surface area contributed by atoms with E-state index in [4.69, 9.17) is 4.42 Å². The Labute approximate surface area is 225 Å². The molecule has 1 heterocycles. The third-order valence-electron chi connectivity index (χ3n) is 8.44. The van der Waals surface area contributed by atoms with Crippen LogP contribution in [0.1, 0.15) is 0 Å². The van der Waals surface area contributed by atoms with Crippen LogP contribution in [0.25, 0.3) is 88.0 Å². The second-order valence-electron chi connectivity index (χ2n) is 10.4. The van der Waals surface area contributed by atoms with Crippen LogP contribution in [-0.2, 0) is 0 Å². The number of rotatable bonds is 2. The maximum absolute atomic E-state index is 6.86. The molecule has 0 atom stereocenters. The fourth-order valence-electron chi connectivity index (χ4n) is 6.75. The van der Waals surface area contributed by atoms with Crippen molar-refractivity contribution in [3.63, 3.8) is 0 Å². The molecule has 0 spiro atoms. The van der Waals surface area contributed by atoms with Crippen molar-refractivity contribution < 1.29 is 4.42 Å². The zero-order chi connectivity index (χ0) is 25.5. The highest BCUT2D eigenvalue weighted by atomic mass is 16.3. The molecule has 0 bridgehead atoms. The third-order valence-corrected chi connectivity index (χ3v) is 8.44. The number of fused-ring (bicyclic) bond motifs is 7. The van der Waals surface area contributed by atoms with Crippen LogP contribution in [-0.4, -0.2) is 0 Å². The summed E-state index contributed by atoms with van der Waals surface area (Å²) >= 11 is 0. The molecular weight excluding hydrogens is 472 g/mol. The van der Waals surface area contributed by atoms with Crippen LogP contribution in [0.3, 0.4) is 0 Å². The minimum Gasteiger partial charge on any atom is -0.455 e. The van der Waals surface area contributed by atoms with E-state index in [1.165, 1.54) is 54.9 Å². The Morgan fingerprint density at radius 3 is 1.46 bits per heavy atom. The lowest BCUT2D eigenvalue weighted by Gasteiger charge is -2.10. The second kappa shape index (κ2) is 7.69. The summed E-state index contributed by atoms with van der Waals surface area (Å²) in [6, 6.07) is 48.1. The van der Waals surface area contributed by atoms with Crippen molar-refractivity contribution in [2.75, 3.05) is 0 Å². The van der Waals surface area contributed by atoms with Gasteiger partial charge in [-0.1, -0.05) is 133 Å². The van der Waals surface area contributed by atoms with Crippen molar-refractivity contribution in [1.82, 2.24) is 0 Å². The topological polar surface area (TPSA) is 13.1 Å². The lowest BCUT2D eigenvalue weighted by atomic mass is 9.93. The van der Waals surface area contributed by atoms with Gasteiger partial charge in [-0.25, -0.2) is 0 Å². The molecule has 0 saturated carbocycles. The minimum absolute atomic E-state index is 0.939. The molecule has 8 aromatic rings. The second-order valence-corrected chi connectivity index (χ2v) is 10.4. The standard InChI is InChI=1S/C38H22O/c1-2-11-24-23(9-1)10-5-14-25(24)32-17-7-19-34-35-20-8-18-33(38(35)39-37(32)34)28-21-22-31-27-13-4-3-12-26(27)29-15-6-16-30(28)36(29)31/h1-22H. The molecule has 1 nitrogen and oxygen atoms in total. The molecule has 39 heavy (non-hydrogen) atoms. The van der Waals surface area contributed by atoms with Gasteiger partial charge in [-0.15, -0.1) is 0 Å². The van der Waals surface area contributed by atoms with Crippen molar-refractivity contribution >= 4 is 43.5 Å². The molecule has 1 aliphatic carbocycles. The summed E-state index contributed by atoms with van der Waals surface area (Å²) in [5.74, 6) is 0. The van der Waals surface area contributed by atoms with Crippen LogP contribution in [0.2, 0.25) is 0 Å². The van der Waals surface area contributed by atoms with E-state index in [2.05, 4.69) is 133 Å². The van der Waals surface area contributed by atoms with Gasteiger partial charge in [-0.05, 0) is 54.9 Å². The van der Waals surface area contributed by atoms with Crippen LogP contribution in [0.15, 0.2) is 138 Å². The molecule has 0 N–H and O–H groups in total. The van der Waals surface area contributed by atoms with Gasteiger partial charge in [-0.3, -0.25) is 0 Å². The van der Waals surface area contributed by atoms with E-state index in [1.807, 2.05) is 0 Å². The Bertz CT molecular complexity index is 2250. The maximum Gasteiger partial charge on any atom is 0.143 e. The Morgan fingerprint density at radius 1 is 0.282 bits per heavy atom. The van der Waals surface area contributed by atoms with Crippen LogP contribution in [0, 0.1) is 0 Å². The van der Waals surface area contributed by atoms with Gasteiger partial charge in [0, 0.05) is 21.9 Å². The Kier molecular flexibility index (Phi) is 4.11. The summed E-state index contributed by atoms with van der Waals surface area (Å²) in [5, 5.41) is 7.37. The first-order valence-electron chi connectivity index (χ1n) is 13.4. The highest BCUT2D eigenvalue weighted by Gasteiger charge is 2.23.